The Kier molecular flexibility index (Phi) is 6.84. The van der Waals surface area contributed by atoms with Crippen molar-refractivity contribution in [3.8, 4) is 17.0 Å². The molecule has 0 aliphatic heterocycles. The highest BCUT2D eigenvalue weighted by Gasteiger charge is 2.22. The van der Waals surface area contributed by atoms with Crippen LogP contribution in [0.25, 0.3) is 22.2 Å². The zero-order valence-electron chi connectivity index (χ0n) is 19.0. The average molecular weight is 569 g/mol. The van der Waals surface area contributed by atoms with Gasteiger partial charge >= 0.3 is 5.63 Å². The van der Waals surface area contributed by atoms with Gasteiger partial charge in [0.15, 0.2) is 0 Å². The van der Waals surface area contributed by atoms with E-state index in [-0.39, 0.29) is 23.0 Å². The predicted octanol–water partition coefficient (Wildman–Crippen LogP) is 6.14. The fraction of sp³-hybridized carbons (Fsp3) is 0.240. The highest BCUT2D eigenvalue weighted by Crippen LogP contribution is 2.32. The molecule has 1 fully saturated rings. The summed E-state index contributed by atoms with van der Waals surface area (Å²) in [5, 5.41) is 32.3. The monoisotopic (exact) mass is 568 g/mol. The number of fused-ring (bicyclic) bond motifs is 1. The first-order chi connectivity index (χ1) is 17.4. The largest absolute Gasteiger partial charge is 0.507 e. The summed E-state index contributed by atoms with van der Waals surface area (Å²) < 4.78 is 8.54. The molecule has 2 aromatic carbocycles. The Morgan fingerprint density at radius 2 is 1.97 bits per heavy atom. The lowest BCUT2D eigenvalue weighted by Crippen LogP contribution is -2.24. The van der Waals surface area contributed by atoms with Gasteiger partial charge in [0.1, 0.15) is 11.3 Å². The molecule has 1 aliphatic carbocycles. The van der Waals surface area contributed by atoms with Gasteiger partial charge in [0.2, 0.25) is 4.80 Å². The molecule has 0 radical (unpaired) electrons. The van der Waals surface area contributed by atoms with Gasteiger partial charge in [0.05, 0.1) is 22.4 Å². The fourth-order valence-electron chi connectivity index (χ4n) is 4.45. The number of aromatic hydroxyl groups is 1. The number of halogens is 1. The molecule has 0 spiro atoms. The van der Waals surface area contributed by atoms with Crippen molar-refractivity contribution in [2.45, 2.75) is 38.1 Å². The molecule has 11 heteroatoms. The Morgan fingerprint density at radius 3 is 2.75 bits per heavy atom. The van der Waals surface area contributed by atoms with Gasteiger partial charge in [0, 0.05) is 39.0 Å². The first-order valence-corrected chi connectivity index (χ1v) is 13.1. The molecule has 1 N–H and O–H groups in total. The topological polar surface area (TPSA) is 123 Å². The number of benzene rings is 2. The molecule has 0 unspecified atom stereocenters. The Bertz CT molecular complexity index is 1610. The number of rotatable bonds is 5. The number of nitro groups is 1. The minimum atomic E-state index is -0.538. The van der Waals surface area contributed by atoms with Gasteiger partial charge in [-0.25, -0.2) is 4.79 Å². The standard InChI is InChI=1S/C25H21BrN4O5S/c26-17-6-9-23-15(10-17)12-20(24(32)35-23)21-14-36-25(29(21)18-4-2-1-3-5-18)28-27-13-16-11-19(30(33)34)7-8-22(16)31/h6-14,18,31H,1-5H2/b27-13+,28-25+. The number of aromatic nitrogens is 1. The molecule has 0 atom stereocenters. The maximum Gasteiger partial charge on any atom is 0.345 e. The zero-order valence-corrected chi connectivity index (χ0v) is 21.4. The van der Waals surface area contributed by atoms with Crippen LogP contribution in [-0.2, 0) is 0 Å². The Morgan fingerprint density at radius 1 is 1.17 bits per heavy atom. The third-order valence-corrected chi connectivity index (χ3v) is 7.54. The molecular formula is C25H21BrN4O5S. The highest BCUT2D eigenvalue weighted by molar-refractivity contribution is 9.10. The van der Waals surface area contributed by atoms with Gasteiger partial charge in [-0.2, -0.15) is 5.10 Å². The minimum absolute atomic E-state index is 0.133. The molecule has 0 amide bonds. The summed E-state index contributed by atoms with van der Waals surface area (Å²) in [6.07, 6.45) is 6.52. The van der Waals surface area contributed by atoms with E-state index in [2.05, 4.69) is 26.1 Å². The predicted molar refractivity (Wildman–Crippen MR) is 142 cm³/mol. The number of nitrogens with zero attached hydrogens (tertiary/aromatic N) is 4. The summed E-state index contributed by atoms with van der Waals surface area (Å²) >= 11 is 4.82. The fourth-order valence-corrected chi connectivity index (χ4v) is 5.75. The van der Waals surface area contributed by atoms with Gasteiger partial charge in [-0.15, -0.1) is 16.4 Å². The minimum Gasteiger partial charge on any atom is -0.507 e. The van der Waals surface area contributed by atoms with E-state index in [0.29, 0.717) is 15.9 Å². The molecule has 1 saturated carbocycles. The SMILES string of the molecule is O=c1oc2ccc(Br)cc2cc1-c1cs/c(=N/N=C/c2cc([N+](=O)[O-])ccc2O)n1C1CCCCC1. The van der Waals surface area contributed by atoms with E-state index < -0.39 is 10.5 Å². The van der Waals surface area contributed by atoms with E-state index >= 15 is 0 Å². The van der Waals surface area contributed by atoms with Gasteiger partial charge in [0.25, 0.3) is 5.69 Å². The van der Waals surface area contributed by atoms with Crippen LogP contribution in [0, 0.1) is 10.1 Å². The van der Waals surface area contributed by atoms with E-state index in [1.54, 1.807) is 6.07 Å². The summed E-state index contributed by atoms with van der Waals surface area (Å²) in [6, 6.07) is 11.2. The van der Waals surface area contributed by atoms with Gasteiger partial charge in [-0.1, -0.05) is 35.2 Å². The number of thiazole rings is 1. The van der Waals surface area contributed by atoms with Crippen LogP contribution in [0.5, 0.6) is 5.75 Å². The maximum absolute atomic E-state index is 13.0. The van der Waals surface area contributed by atoms with Crippen LogP contribution in [0.3, 0.4) is 0 Å². The molecule has 5 rings (SSSR count). The molecular weight excluding hydrogens is 548 g/mol. The Labute approximate surface area is 217 Å². The Hall–Kier alpha value is -3.57. The molecule has 9 nitrogen and oxygen atoms in total. The third kappa shape index (κ3) is 4.89. The molecule has 0 bridgehead atoms. The second kappa shape index (κ2) is 10.2. The normalized spacial score (nSPS) is 15.2. The van der Waals surface area contributed by atoms with Gasteiger partial charge in [-0.05, 0) is 43.2 Å². The molecule has 0 saturated heterocycles. The first kappa shape index (κ1) is 24.1. The number of non-ortho nitro benzene ring substituents is 1. The van der Waals surface area contributed by atoms with Crippen molar-refractivity contribution in [1.82, 2.24) is 4.57 Å². The maximum atomic E-state index is 13.0. The van der Waals surface area contributed by atoms with Crippen LogP contribution < -0.4 is 10.4 Å². The van der Waals surface area contributed by atoms with Gasteiger partial charge < -0.3 is 14.1 Å². The summed E-state index contributed by atoms with van der Waals surface area (Å²) in [5.74, 6) is -0.133. The molecule has 2 aromatic heterocycles. The molecule has 1 aliphatic rings. The van der Waals surface area contributed by atoms with Crippen LogP contribution in [0.4, 0.5) is 5.69 Å². The van der Waals surface area contributed by atoms with E-state index in [4.69, 9.17) is 4.42 Å². The third-order valence-electron chi connectivity index (χ3n) is 6.21. The summed E-state index contributed by atoms with van der Waals surface area (Å²) in [4.78, 5) is 24.1. The van der Waals surface area contributed by atoms with Crippen molar-refractivity contribution in [2.75, 3.05) is 0 Å². The number of phenols is 1. The second-order valence-corrected chi connectivity index (χ2v) is 10.3. The summed E-state index contributed by atoms with van der Waals surface area (Å²) in [6.45, 7) is 0. The van der Waals surface area contributed by atoms with Crippen molar-refractivity contribution in [3.63, 3.8) is 0 Å². The lowest BCUT2D eigenvalue weighted by Gasteiger charge is -2.25. The van der Waals surface area contributed by atoms with E-state index in [0.717, 1.165) is 41.2 Å². The number of hydrogen-bond donors (Lipinski definition) is 1. The first-order valence-electron chi connectivity index (χ1n) is 11.4. The van der Waals surface area contributed by atoms with Crippen molar-refractivity contribution in [3.05, 3.63) is 83.2 Å². The van der Waals surface area contributed by atoms with Gasteiger partial charge in [-0.3, -0.25) is 10.1 Å². The Balaban J connectivity index is 1.61. The van der Waals surface area contributed by atoms with E-state index in [1.165, 1.54) is 42.2 Å². The number of nitro benzene ring substituents is 1. The van der Waals surface area contributed by atoms with Crippen LogP contribution in [0.15, 0.2) is 71.7 Å². The molecule has 36 heavy (non-hydrogen) atoms. The van der Waals surface area contributed by atoms with Crippen LogP contribution >= 0.6 is 27.3 Å². The lowest BCUT2D eigenvalue weighted by atomic mass is 9.95. The number of hydrogen-bond acceptors (Lipinski definition) is 8. The van der Waals surface area contributed by atoms with Crippen molar-refractivity contribution in [2.24, 2.45) is 10.2 Å². The van der Waals surface area contributed by atoms with Crippen LogP contribution in [0.1, 0.15) is 43.7 Å². The van der Waals surface area contributed by atoms with Crippen LogP contribution in [-0.4, -0.2) is 20.8 Å². The second-order valence-electron chi connectivity index (χ2n) is 8.54. The van der Waals surface area contributed by atoms with Crippen LogP contribution in [0.2, 0.25) is 0 Å². The lowest BCUT2D eigenvalue weighted by molar-refractivity contribution is -0.384. The van der Waals surface area contributed by atoms with E-state index in [9.17, 15) is 20.0 Å². The average Bonchev–Trinajstić information content (AvgIpc) is 3.29. The number of phenolic OH excluding ortho intramolecular Hbond substituents is 1. The van der Waals surface area contributed by atoms with Crippen molar-refractivity contribution < 1.29 is 14.4 Å². The zero-order chi connectivity index (χ0) is 25.2. The molecule has 184 valence electrons. The smallest absolute Gasteiger partial charge is 0.345 e. The van der Waals surface area contributed by atoms with Crippen molar-refractivity contribution >= 4 is 50.1 Å². The molecule has 4 aromatic rings. The molecule has 2 heterocycles. The van der Waals surface area contributed by atoms with Crippen molar-refractivity contribution in [1.29, 1.82) is 0 Å². The highest BCUT2D eigenvalue weighted by atomic mass is 79.9. The quantitative estimate of drug-likeness (QED) is 0.134. The van der Waals surface area contributed by atoms with E-state index in [1.807, 2.05) is 28.1 Å². The summed E-state index contributed by atoms with van der Waals surface area (Å²) in [5.41, 5.74) is 1.29. The summed E-state index contributed by atoms with van der Waals surface area (Å²) in [7, 11) is 0.